The Morgan fingerprint density at radius 2 is 1.81 bits per heavy atom. The van der Waals surface area contributed by atoms with Crippen molar-refractivity contribution in [3.8, 4) is 0 Å². The van der Waals surface area contributed by atoms with Gasteiger partial charge < -0.3 is 24.6 Å². The molecule has 0 aliphatic heterocycles. The summed E-state index contributed by atoms with van der Waals surface area (Å²) in [6.07, 6.45) is 2.38. The van der Waals surface area contributed by atoms with Gasteiger partial charge in [-0.3, -0.25) is 9.59 Å². The zero-order valence-electron chi connectivity index (χ0n) is 11.2. The highest BCUT2D eigenvalue weighted by Gasteiger charge is 2.15. The summed E-state index contributed by atoms with van der Waals surface area (Å²) in [5.41, 5.74) is 0. The molecule has 21 heavy (non-hydrogen) atoms. The standard InChI is InChI=1S/C14H16N2O5/c17-11(12-4-2-8-21-12)5-6-15-13(18)14(19)16-9-10-3-1-7-20-10/h1-4,7-8,11,17H,5-6,9H2,(H,15,18)(H,16,19)/t11-/m1/s1. The summed E-state index contributed by atoms with van der Waals surface area (Å²) in [5, 5.41) is 14.6. The van der Waals surface area contributed by atoms with Crippen molar-refractivity contribution in [1.82, 2.24) is 10.6 Å². The Balaban J connectivity index is 1.65. The van der Waals surface area contributed by atoms with E-state index in [4.69, 9.17) is 8.83 Å². The second kappa shape index (κ2) is 7.30. The van der Waals surface area contributed by atoms with E-state index in [9.17, 15) is 14.7 Å². The first-order valence-corrected chi connectivity index (χ1v) is 6.46. The minimum atomic E-state index is -0.813. The molecule has 2 aromatic heterocycles. The number of carbonyl (C=O) groups excluding carboxylic acids is 2. The third-order valence-corrected chi connectivity index (χ3v) is 2.78. The van der Waals surface area contributed by atoms with Gasteiger partial charge in [-0.2, -0.15) is 0 Å². The molecule has 0 aromatic carbocycles. The lowest BCUT2D eigenvalue weighted by molar-refractivity contribution is -0.139. The van der Waals surface area contributed by atoms with Crippen molar-refractivity contribution < 1.29 is 23.5 Å². The lowest BCUT2D eigenvalue weighted by Gasteiger charge is -2.08. The molecule has 2 rings (SSSR count). The van der Waals surface area contributed by atoms with E-state index in [1.165, 1.54) is 12.5 Å². The third kappa shape index (κ3) is 4.50. The van der Waals surface area contributed by atoms with E-state index in [0.29, 0.717) is 11.5 Å². The summed E-state index contributed by atoms with van der Waals surface area (Å²) >= 11 is 0. The lowest BCUT2D eigenvalue weighted by Crippen LogP contribution is -2.40. The summed E-state index contributed by atoms with van der Waals surface area (Å²) in [7, 11) is 0. The Morgan fingerprint density at radius 1 is 1.10 bits per heavy atom. The van der Waals surface area contributed by atoms with Crippen LogP contribution < -0.4 is 10.6 Å². The molecule has 2 amide bonds. The van der Waals surface area contributed by atoms with Crippen molar-refractivity contribution in [3.05, 3.63) is 48.3 Å². The molecule has 0 fully saturated rings. The minimum Gasteiger partial charge on any atom is -0.467 e. The van der Waals surface area contributed by atoms with Crippen LogP contribution in [-0.4, -0.2) is 23.5 Å². The van der Waals surface area contributed by atoms with Crippen molar-refractivity contribution >= 4 is 11.8 Å². The van der Waals surface area contributed by atoms with Gasteiger partial charge in [-0.25, -0.2) is 0 Å². The maximum Gasteiger partial charge on any atom is 0.309 e. The molecule has 112 valence electrons. The Morgan fingerprint density at radius 3 is 2.48 bits per heavy atom. The number of aliphatic hydroxyl groups excluding tert-OH is 1. The third-order valence-electron chi connectivity index (χ3n) is 2.78. The van der Waals surface area contributed by atoms with Gasteiger partial charge in [0.1, 0.15) is 17.6 Å². The van der Waals surface area contributed by atoms with Gasteiger partial charge in [0.15, 0.2) is 0 Å². The smallest absolute Gasteiger partial charge is 0.309 e. The fourth-order valence-corrected chi connectivity index (χ4v) is 1.69. The molecule has 0 radical (unpaired) electrons. The molecule has 2 aromatic rings. The van der Waals surface area contributed by atoms with Crippen LogP contribution in [0.4, 0.5) is 0 Å². The molecule has 0 bridgehead atoms. The molecule has 2 heterocycles. The zero-order valence-corrected chi connectivity index (χ0v) is 11.2. The quantitative estimate of drug-likeness (QED) is 0.681. The Kier molecular flexibility index (Phi) is 5.16. The molecule has 0 unspecified atom stereocenters. The van der Waals surface area contributed by atoms with Crippen LogP contribution in [0.2, 0.25) is 0 Å². The summed E-state index contributed by atoms with van der Waals surface area (Å²) in [5.74, 6) is -0.525. The number of amides is 2. The van der Waals surface area contributed by atoms with E-state index in [-0.39, 0.29) is 19.5 Å². The van der Waals surface area contributed by atoms with Crippen LogP contribution in [0.1, 0.15) is 24.0 Å². The summed E-state index contributed by atoms with van der Waals surface area (Å²) in [4.78, 5) is 23.0. The number of hydrogen-bond donors (Lipinski definition) is 3. The SMILES string of the molecule is O=C(NCC[C@@H](O)c1ccco1)C(=O)NCc1ccco1. The Hall–Kier alpha value is -2.54. The highest BCUT2D eigenvalue weighted by atomic mass is 16.4. The summed E-state index contributed by atoms with van der Waals surface area (Å²) in [6.45, 7) is 0.309. The summed E-state index contributed by atoms with van der Waals surface area (Å²) < 4.78 is 10.1. The topological polar surface area (TPSA) is 105 Å². The maximum absolute atomic E-state index is 11.5. The molecule has 3 N–H and O–H groups in total. The predicted molar refractivity (Wildman–Crippen MR) is 71.8 cm³/mol. The van der Waals surface area contributed by atoms with Crippen LogP contribution in [0.5, 0.6) is 0 Å². The number of nitrogens with one attached hydrogen (secondary N) is 2. The van der Waals surface area contributed by atoms with Gasteiger partial charge in [-0.1, -0.05) is 0 Å². The molecule has 0 spiro atoms. The van der Waals surface area contributed by atoms with Gasteiger partial charge in [0.05, 0.1) is 19.1 Å². The van der Waals surface area contributed by atoms with Gasteiger partial charge in [0, 0.05) is 6.54 Å². The zero-order chi connectivity index (χ0) is 15.1. The molecule has 0 saturated heterocycles. The van der Waals surface area contributed by atoms with Crippen molar-refractivity contribution in [2.24, 2.45) is 0 Å². The highest BCUT2D eigenvalue weighted by molar-refractivity contribution is 6.35. The second-order valence-electron chi connectivity index (χ2n) is 4.34. The largest absolute Gasteiger partial charge is 0.467 e. The summed E-state index contributed by atoms with van der Waals surface area (Å²) in [6, 6.07) is 6.69. The number of aliphatic hydroxyl groups is 1. The fraction of sp³-hybridized carbons (Fsp3) is 0.286. The van der Waals surface area contributed by atoms with E-state index in [2.05, 4.69) is 10.6 Å². The van der Waals surface area contributed by atoms with Crippen molar-refractivity contribution in [1.29, 1.82) is 0 Å². The average Bonchev–Trinajstić information content (AvgIpc) is 3.17. The molecule has 0 aliphatic rings. The van der Waals surface area contributed by atoms with Crippen molar-refractivity contribution in [3.63, 3.8) is 0 Å². The van der Waals surface area contributed by atoms with Crippen LogP contribution >= 0.6 is 0 Å². The van der Waals surface area contributed by atoms with Gasteiger partial charge >= 0.3 is 11.8 Å². The van der Waals surface area contributed by atoms with Gasteiger partial charge in [-0.15, -0.1) is 0 Å². The van der Waals surface area contributed by atoms with Crippen LogP contribution in [0.3, 0.4) is 0 Å². The van der Waals surface area contributed by atoms with Gasteiger partial charge in [0.25, 0.3) is 0 Å². The molecule has 1 atom stereocenters. The first kappa shape index (κ1) is 14.9. The first-order valence-electron chi connectivity index (χ1n) is 6.46. The van der Waals surface area contributed by atoms with E-state index < -0.39 is 17.9 Å². The maximum atomic E-state index is 11.5. The molecule has 0 saturated carbocycles. The van der Waals surface area contributed by atoms with E-state index in [1.807, 2.05) is 0 Å². The Labute approximate surface area is 120 Å². The number of rotatable bonds is 6. The molecular formula is C14H16N2O5. The second-order valence-corrected chi connectivity index (χ2v) is 4.34. The lowest BCUT2D eigenvalue weighted by atomic mass is 10.2. The fourth-order valence-electron chi connectivity index (χ4n) is 1.69. The average molecular weight is 292 g/mol. The highest BCUT2D eigenvalue weighted by Crippen LogP contribution is 2.15. The van der Waals surface area contributed by atoms with Crippen LogP contribution in [0, 0.1) is 0 Å². The van der Waals surface area contributed by atoms with Crippen LogP contribution in [0.25, 0.3) is 0 Å². The van der Waals surface area contributed by atoms with Crippen LogP contribution in [0.15, 0.2) is 45.6 Å². The van der Waals surface area contributed by atoms with E-state index in [1.54, 1.807) is 24.3 Å². The number of furan rings is 2. The molecule has 7 heteroatoms. The minimum absolute atomic E-state index is 0.147. The molecular weight excluding hydrogens is 276 g/mol. The van der Waals surface area contributed by atoms with Gasteiger partial charge in [0.2, 0.25) is 0 Å². The molecule has 0 aliphatic carbocycles. The van der Waals surface area contributed by atoms with Crippen molar-refractivity contribution in [2.45, 2.75) is 19.1 Å². The monoisotopic (exact) mass is 292 g/mol. The van der Waals surface area contributed by atoms with E-state index in [0.717, 1.165) is 0 Å². The predicted octanol–water partition coefficient (Wildman–Crippen LogP) is 0.729. The number of carbonyl (C=O) groups is 2. The number of hydrogen-bond acceptors (Lipinski definition) is 5. The van der Waals surface area contributed by atoms with Gasteiger partial charge in [-0.05, 0) is 30.7 Å². The van der Waals surface area contributed by atoms with Crippen molar-refractivity contribution in [2.75, 3.05) is 6.54 Å². The first-order chi connectivity index (χ1) is 10.2. The molecule has 7 nitrogen and oxygen atoms in total. The Bertz CT molecular complexity index is 562. The normalized spacial score (nSPS) is 11.9. The van der Waals surface area contributed by atoms with Crippen LogP contribution in [-0.2, 0) is 16.1 Å². The van der Waals surface area contributed by atoms with E-state index >= 15 is 0 Å².